The number of fused-ring (bicyclic) bond motifs is 1. The van der Waals surface area contributed by atoms with Gasteiger partial charge in [-0.1, -0.05) is 0 Å². The lowest BCUT2D eigenvalue weighted by Crippen LogP contribution is -2.10. The molecule has 1 aromatic carbocycles. The quantitative estimate of drug-likeness (QED) is 0.542. The Morgan fingerprint density at radius 1 is 1.42 bits per heavy atom. The zero-order valence-corrected chi connectivity index (χ0v) is 14.5. The summed E-state index contributed by atoms with van der Waals surface area (Å²) in [5, 5.41) is -0.648. The van der Waals surface area contributed by atoms with Crippen molar-refractivity contribution < 1.29 is 23.0 Å². The minimum Gasteiger partial charge on any atom is -0.609 e. The Morgan fingerprint density at radius 2 is 2.23 bits per heavy atom. The summed E-state index contributed by atoms with van der Waals surface area (Å²) in [6.07, 6.45) is -0.0104. The molecule has 1 N–H and O–H groups in total. The van der Waals surface area contributed by atoms with Gasteiger partial charge in [0.15, 0.2) is 7.12 Å². The highest BCUT2D eigenvalue weighted by Crippen LogP contribution is 2.24. The lowest BCUT2D eigenvalue weighted by atomic mass is 10.2. The van der Waals surface area contributed by atoms with Crippen LogP contribution in [0.5, 0.6) is 5.75 Å². The van der Waals surface area contributed by atoms with Gasteiger partial charge in [-0.15, -0.1) is 0 Å². The molecule has 7 heteroatoms. The first kappa shape index (κ1) is 8.75. The van der Waals surface area contributed by atoms with Gasteiger partial charge in [-0.3, -0.25) is 9.96 Å². The van der Waals surface area contributed by atoms with E-state index in [2.05, 4.69) is 9.97 Å². The summed E-state index contributed by atoms with van der Waals surface area (Å²) in [6, 6.07) is -1.64. The van der Waals surface area contributed by atoms with E-state index in [1.807, 2.05) is 0 Å². The summed E-state index contributed by atoms with van der Waals surface area (Å²) >= 11 is -2.68. The van der Waals surface area contributed by atoms with Crippen LogP contribution in [0, 0.1) is 6.92 Å². The predicted octanol–water partition coefficient (Wildman–Crippen LogP) is 3.37. The van der Waals surface area contributed by atoms with E-state index in [0.717, 1.165) is 0 Å². The second-order valence-electron chi connectivity index (χ2n) is 5.09. The molecule has 3 heterocycles. The van der Waals surface area contributed by atoms with Crippen LogP contribution in [0.1, 0.15) is 23.6 Å². The third kappa shape index (κ3) is 3.07. The Balaban J connectivity index is 1.96. The highest BCUT2D eigenvalue weighted by Gasteiger charge is 2.20. The zero-order valence-electron chi connectivity index (χ0n) is 23.7. The smallest absolute Gasteiger partial charge is 0.322 e. The first-order valence-corrected chi connectivity index (χ1v) is 8.51. The van der Waals surface area contributed by atoms with Crippen LogP contribution in [-0.2, 0) is 16.9 Å². The number of aromatic amines is 1. The van der Waals surface area contributed by atoms with E-state index in [4.69, 9.17) is 18.5 Å². The third-order valence-corrected chi connectivity index (χ3v) is 4.42. The molecule has 0 spiro atoms. The van der Waals surface area contributed by atoms with Crippen molar-refractivity contribution in [1.82, 2.24) is 19.5 Å². The molecule has 0 bridgehead atoms. The fraction of sp³-hybridized carbons (Fsp3) is 0.158. The molecule has 132 valence electrons. The molecule has 0 aliphatic carbocycles. The number of H-pyrrole nitrogens is 1. The molecule has 4 rings (SSSR count). The van der Waals surface area contributed by atoms with Crippen molar-refractivity contribution >= 4 is 22.2 Å². The second-order valence-corrected chi connectivity index (χ2v) is 6.20. The standard InChI is InChI=1S/C19H18N4O2S/c1-13-17(20-8-7-18(13)25-2)12-26(24)19-21-15-6-5-14(11-16(15)22-19)23-9-3-4-10-23/h3-11H,12H2,1-2H3,(H,21,22)/i3D,4D,5D,6D,9D,10D,11D,12D2/hD. The summed E-state index contributed by atoms with van der Waals surface area (Å²) in [6.45, 7) is 1.53. The number of imidazole rings is 1. The summed E-state index contributed by atoms with van der Waals surface area (Å²) in [4.78, 5) is 8.42. The fourth-order valence-corrected chi connectivity index (χ4v) is 3.06. The van der Waals surface area contributed by atoms with Crippen LogP contribution in [0.15, 0.2) is 60.0 Å². The number of ether oxygens (including phenoxy) is 1. The van der Waals surface area contributed by atoms with Gasteiger partial charge in [0, 0.05) is 41.0 Å². The lowest BCUT2D eigenvalue weighted by Gasteiger charge is -2.10. The van der Waals surface area contributed by atoms with Crippen LogP contribution >= 0.6 is 0 Å². The summed E-state index contributed by atoms with van der Waals surface area (Å²) in [7, 11) is 1.38. The van der Waals surface area contributed by atoms with Gasteiger partial charge < -0.3 is 13.9 Å². The van der Waals surface area contributed by atoms with Gasteiger partial charge >= 0.3 is 5.16 Å². The molecule has 4 aromatic rings. The SMILES string of the molecule is [2H]c1c(-n2c([2H])c([2H])c([2H])c2[2H])c([2H])c2nc([S+]([O-])C([2H])([2H])c3nccc(OC)c3C)n([2H])c2c1[2H]. The van der Waals surface area contributed by atoms with E-state index in [9.17, 15) is 4.55 Å². The Morgan fingerprint density at radius 3 is 3.00 bits per heavy atom. The Hall–Kier alpha value is -2.77. The first-order valence-electron chi connectivity index (χ1n) is 12.3. The molecule has 3 aromatic heterocycles. The summed E-state index contributed by atoms with van der Waals surface area (Å²) < 4.78 is 102. The molecule has 0 fully saturated rings. The van der Waals surface area contributed by atoms with E-state index >= 15 is 0 Å². The van der Waals surface area contributed by atoms with Crippen LogP contribution in [0.2, 0.25) is 1.41 Å². The van der Waals surface area contributed by atoms with Crippen molar-refractivity contribution in [3.8, 4) is 11.4 Å². The van der Waals surface area contributed by atoms with Crippen LogP contribution in [0.4, 0.5) is 0 Å². The van der Waals surface area contributed by atoms with Crippen molar-refractivity contribution in [3.05, 3.63) is 66.1 Å². The molecule has 1 unspecified atom stereocenters. The van der Waals surface area contributed by atoms with Crippen LogP contribution < -0.4 is 4.74 Å². The number of rotatable bonds is 5. The van der Waals surface area contributed by atoms with Gasteiger partial charge in [0.05, 0.1) is 36.2 Å². The van der Waals surface area contributed by atoms with Crippen molar-refractivity contribution in [2.75, 3.05) is 7.11 Å². The average molecular weight is 377 g/mol. The van der Waals surface area contributed by atoms with E-state index in [1.54, 1.807) is 0 Å². The van der Waals surface area contributed by atoms with Gasteiger partial charge in [0.25, 0.3) is 0 Å². The van der Waals surface area contributed by atoms with Gasteiger partial charge in [0.1, 0.15) is 5.75 Å². The number of aromatic nitrogens is 4. The number of hydrogen-bond acceptors (Lipinski definition) is 4. The molecular weight excluding hydrogens is 348 g/mol. The molecule has 0 aliphatic rings. The molecule has 0 amide bonds. The summed E-state index contributed by atoms with van der Waals surface area (Å²) in [5.74, 6) is 0.303. The van der Waals surface area contributed by atoms with E-state index in [1.165, 1.54) is 26.3 Å². The third-order valence-electron chi connectivity index (χ3n) is 3.53. The zero-order chi connectivity index (χ0) is 26.9. The molecule has 26 heavy (non-hydrogen) atoms. The molecule has 0 saturated carbocycles. The largest absolute Gasteiger partial charge is 0.609 e. The topological polar surface area (TPSA) is 78.8 Å². The molecule has 0 radical (unpaired) electrons. The number of nitrogens with zero attached hydrogens (tertiary/aromatic N) is 3. The Bertz CT molecular complexity index is 1510. The van der Waals surface area contributed by atoms with Gasteiger partial charge in [-0.2, -0.15) is 4.98 Å². The Kier molecular flexibility index (Phi) is 2.31. The molecule has 1 atom stereocenters. The number of methoxy groups -OCH3 is 1. The average Bonchev–Trinajstić information content (AvgIpc) is 3.28. The highest BCUT2D eigenvalue weighted by molar-refractivity contribution is 7.90. The highest BCUT2D eigenvalue weighted by atomic mass is 32.2. The molecule has 6 nitrogen and oxygen atoms in total. The molecular formula is C19H18N4O2S. The molecule has 0 aliphatic heterocycles. The van der Waals surface area contributed by atoms with Gasteiger partial charge in [-0.05, 0) is 43.2 Å². The maximum absolute atomic E-state index is 13.4. The number of hydrogen-bond donors (Lipinski definition) is 1. The minimum atomic E-state index is -2.68. The predicted molar refractivity (Wildman–Crippen MR) is 101 cm³/mol. The summed E-state index contributed by atoms with van der Waals surface area (Å²) in [5.41, 5.74) is -3.87. The van der Waals surface area contributed by atoms with Gasteiger partial charge in [0.2, 0.25) is 0 Å². The maximum Gasteiger partial charge on any atom is 0.322 e. The maximum atomic E-state index is 13.4. The van der Waals surface area contributed by atoms with Crippen LogP contribution in [0.25, 0.3) is 16.7 Å². The number of pyridine rings is 1. The number of nitrogens with one attached hydrogen (secondary N) is 1. The van der Waals surface area contributed by atoms with Crippen molar-refractivity contribution in [2.45, 2.75) is 17.8 Å². The van der Waals surface area contributed by atoms with E-state index in [0.29, 0.717) is 15.3 Å². The Labute approximate surface area is 168 Å². The van der Waals surface area contributed by atoms with Gasteiger partial charge in [-0.25, -0.2) is 0 Å². The first-order chi connectivity index (χ1) is 16.8. The van der Waals surface area contributed by atoms with Crippen molar-refractivity contribution in [3.63, 3.8) is 0 Å². The minimum absolute atomic E-state index is 0.220. The number of benzene rings is 1. The lowest BCUT2D eigenvalue weighted by molar-refractivity contribution is 0.410. The normalized spacial score (nSPS) is 18.4. The van der Waals surface area contributed by atoms with Crippen LogP contribution in [-0.4, -0.2) is 31.2 Å². The molecule has 0 saturated heterocycles. The van der Waals surface area contributed by atoms with Crippen molar-refractivity contribution in [2.24, 2.45) is 0 Å². The van der Waals surface area contributed by atoms with Crippen LogP contribution in [0.3, 0.4) is 0 Å². The second kappa shape index (κ2) is 6.86. The fourth-order valence-electron chi connectivity index (χ4n) is 2.24. The van der Waals surface area contributed by atoms with Crippen molar-refractivity contribution in [1.29, 1.82) is 0 Å². The van der Waals surface area contributed by atoms with E-state index < -0.39 is 75.8 Å². The van der Waals surface area contributed by atoms with E-state index in [-0.39, 0.29) is 16.8 Å². The monoisotopic (exact) mass is 376 g/mol.